The average molecular weight is 746 g/mol. The van der Waals surface area contributed by atoms with Gasteiger partial charge in [-0.15, -0.1) is 0 Å². The highest BCUT2D eigenvalue weighted by Crippen LogP contribution is 2.40. The molecule has 1 aromatic rings. The van der Waals surface area contributed by atoms with E-state index in [1.165, 1.54) is 0 Å². The number of alkyl carbamates (subject to hydrolysis) is 1. The summed E-state index contributed by atoms with van der Waals surface area (Å²) in [4.78, 5) is 52.1. The van der Waals surface area contributed by atoms with Gasteiger partial charge in [-0.2, -0.15) is 8.42 Å². The number of ether oxygens (including phenoxy) is 1. The van der Waals surface area contributed by atoms with Crippen molar-refractivity contribution in [3.05, 3.63) is 42.0 Å². The first-order valence-electron chi connectivity index (χ1n) is 15.0. The summed E-state index contributed by atoms with van der Waals surface area (Å²) in [6.45, 7) is 7.60. The summed E-state index contributed by atoms with van der Waals surface area (Å²) in [5.41, 5.74) is 0.659. The van der Waals surface area contributed by atoms with Gasteiger partial charge < -0.3 is 15.0 Å². The molecule has 2 fully saturated rings. The third-order valence-electron chi connectivity index (χ3n) is 7.38. The lowest BCUT2D eigenvalue weighted by Gasteiger charge is -2.29. The lowest BCUT2D eigenvalue weighted by Crippen LogP contribution is -2.53. The molecule has 4 amide bonds. The second-order valence-electron chi connectivity index (χ2n) is 12.4. The summed E-state index contributed by atoms with van der Waals surface area (Å²) in [6, 6.07) is 5.47. The first-order chi connectivity index (χ1) is 20.7. The molecule has 0 radical (unpaired) electrons. The summed E-state index contributed by atoms with van der Waals surface area (Å²) in [5.74, 6) is -1.42. The van der Waals surface area contributed by atoms with Crippen LogP contribution in [0, 0.1) is 18.8 Å². The Labute approximate surface area is 274 Å². The number of halogens is 1. The molecule has 0 spiro atoms. The van der Waals surface area contributed by atoms with Crippen LogP contribution in [-0.2, 0) is 29.3 Å². The van der Waals surface area contributed by atoms with E-state index < -0.39 is 39.9 Å². The maximum absolute atomic E-state index is 13.4. The molecule has 0 unspecified atom stereocenters. The van der Waals surface area contributed by atoms with Crippen LogP contribution in [0.4, 0.5) is 10.5 Å². The number of nitrogens with one attached hydrogen (secondary N) is 4. The summed E-state index contributed by atoms with van der Waals surface area (Å²) in [5, 5.41) is 2.72. The third-order valence-corrected chi connectivity index (χ3v) is 8.89. The second-order valence-corrected chi connectivity index (χ2v) is 14.3. The lowest BCUT2D eigenvalue weighted by atomic mass is 10.0. The van der Waals surface area contributed by atoms with E-state index in [-0.39, 0.29) is 23.7 Å². The van der Waals surface area contributed by atoms with E-state index in [0.29, 0.717) is 37.9 Å². The van der Waals surface area contributed by atoms with Crippen LogP contribution in [0.15, 0.2) is 36.4 Å². The maximum Gasteiger partial charge on any atom is 0.408 e. The molecule has 3 rings (SSSR count). The van der Waals surface area contributed by atoms with E-state index in [1.807, 2.05) is 19.1 Å². The summed E-state index contributed by atoms with van der Waals surface area (Å²) in [6.07, 6.45) is 8.66. The largest absolute Gasteiger partial charge is 0.444 e. The number of hydrogen-bond acceptors (Lipinski definition) is 7. The summed E-state index contributed by atoms with van der Waals surface area (Å²) in [7, 11) is -4.01. The molecule has 1 aromatic carbocycles. The number of carbonyl (C=O) groups excluding carboxylic acids is 4. The van der Waals surface area contributed by atoms with Crippen molar-refractivity contribution in [1.82, 2.24) is 18.5 Å². The predicted molar refractivity (Wildman–Crippen MR) is 176 cm³/mol. The van der Waals surface area contributed by atoms with Crippen molar-refractivity contribution < 1.29 is 32.3 Å². The van der Waals surface area contributed by atoms with Gasteiger partial charge in [0.1, 0.15) is 17.7 Å². The van der Waals surface area contributed by atoms with Crippen molar-refractivity contribution in [2.75, 3.05) is 11.3 Å². The number of likely N-dealkylation sites (tertiary alicyclic amines) is 1. The van der Waals surface area contributed by atoms with Crippen LogP contribution in [0.25, 0.3) is 0 Å². The van der Waals surface area contributed by atoms with Crippen molar-refractivity contribution >= 4 is 62.6 Å². The minimum Gasteiger partial charge on any atom is -0.444 e. The molecule has 1 saturated carbocycles. The van der Waals surface area contributed by atoms with Crippen LogP contribution in [-0.4, -0.2) is 61.4 Å². The monoisotopic (exact) mass is 745 g/mol. The van der Waals surface area contributed by atoms with Crippen LogP contribution in [0.2, 0.25) is 0 Å². The number of anilines is 1. The molecule has 1 aliphatic heterocycles. The van der Waals surface area contributed by atoms with Gasteiger partial charge >= 0.3 is 16.3 Å². The van der Waals surface area contributed by atoms with Gasteiger partial charge in [0.15, 0.2) is 0 Å². The van der Waals surface area contributed by atoms with Crippen LogP contribution in [0.1, 0.15) is 77.7 Å². The number of amides is 4. The molecular weight excluding hydrogens is 701 g/mol. The number of rotatable bonds is 14. The lowest BCUT2D eigenvalue weighted by molar-refractivity contribution is -0.139. The second kappa shape index (κ2) is 15.9. The van der Waals surface area contributed by atoms with Gasteiger partial charge in [0.2, 0.25) is 11.8 Å². The molecule has 1 saturated heterocycles. The minimum atomic E-state index is -4.01. The number of hydrogen-bond donors (Lipinski definition) is 4. The topological polar surface area (TPSA) is 163 Å². The maximum atomic E-state index is 13.4. The molecule has 44 heavy (non-hydrogen) atoms. The normalized spacial score (nSPS) is 20.6. The fourth-order valence-corrected chi connectivity index (χ4v) is 6.34. The first kappa shape index (κ1) is 35.6. The molecule has 0 aromatic heterocycles. The van der Waals surface area contributed by atoms with Crippen LogP contribution >= 0.6 is 22.9 Å². The number of nitrogens with zero attached hydrogens (tertiary/aromatic N) is 1. The van der Waals surface area contributed by atoms with Gasteiger partial charge in [-0.3, -0.25) is 22.6 Å². The van der Waals surface area contributed by atoms with Gasteiger partial charge in [-0.05, 0) is 84.3 Å². The van der Waals surface area contributed by atoms with Crippen molar-refractivity contribution in [3.8, 4) is 0 Å². The van der Waals surface area contributed by atoms with Crippen molar-refractivity contribution in [3.63, 3.8) is 0 Å². The number of aryl methyl sites for hydroxylation is 1. The number of carbonyl (C=O) groups is 4. The average Bonchev–Trinajstić information content (AvgIpc) is 3.55. The molecule has 2 aliphatic rings. The van der Waals surface area contributed by atoms with E-state index in [2.05, 4.69) is 18.3 Å². The predicted octanol–water partition coefficient (Wildman–Crippen LogP) is 4.26. The summed E-state index contributed by atoms with van der Waals surface area (Å²) >= 11 is 1.77. The van der Waals surface area contributed by atoms with E-state index in [4.69, 9.17) is 4.74 Å². The zero-order chi connectivity index (χ0) is 32.5. The molecule has 4 atom stereocenters. The zero-order valence-corrected chi connectivity index (χ0v) is 28.7. The van der Waals surface area contributed by atoms with E-state index in [9.17, 15) is 27.6 Å². The molecule has 14 heteroatoms. The Hall–Kier alpha value is -2.88. The molecule has 12 nitrogen and oxygen atoms in total. The van der Waals surface area contributed by atoms with Gasteiger partial charge in [0, 0.05) is 12.5 Å². The Morgan fingerprint density at radius 1 is 1.09 bits per heavy atom. The van der Waals surface area contributed by atoms with Crippen LogP contribution in [0.5, 0.6) is 0 Å². The zero-order valence-electron chi connectivity index (χ0n) is 25.7. The Bertz CT molecular complexity index is 1310. The third kappa shape index (κ3) is 11.6. The number of benzene rings is 1. The molecular formula is C30H44IN5O7S. The Morgan fingerprint density at radius 3 is 2.45 bits per heavy atom. The fraction of sp³-hybridized carbons (Fsp3) is 0.600. The highest BCUT2D eigenvalue weighted by molar-refractivity contribution is 14.1. The standard InChI is InChI=1S/C30H44IN5O7S/c1-20-14-16-22(17-15-20)34-44(41,42)35-26(37)23-19-21(23)11-8-6-5-7-9-12-24(32-29(40)43-30(2,3)4)28(39)36-18-10-13-25(36)27(38)33-31/h8,11,14-17,21,23-25,34H,5-7,9-10,12-13,18-19H2,1-4H3,(H,32,40)(H,33,38)(H,35,37)/b11-8-/t21-,23+,24+,25+/m1/s1. The number of unbranched alkanes of at least 4 members (excludes halogenated alkanes) is 3. The van der Waals surface area contributed by atoms with Gasteiger partial charge in [0.25, 0.3) is 5.91 Å². The Morgan fingerprint density at radius 2 is 1.80 bits per heavy atom. The van der Waals surface area contributed by atoms with E-state index in [1.54, 1.807) is 72.8 Å². The van der Waals surface area contributed by atoms with E-state index >= 15 is 0 Å². The first-order valence-corrected chi connectivity index (χ1v) is 17.5. The summed E-state index contributed by atoms with van der Waals surface area (Å²) < 4.78 is 37.0. The fourth-order valence-electron chi connectivity index (χ4n) is 5.07. The van der Waals surface area contributed by atoms with Gasteiger partial charge in [-0.25, -0.2) is 9.52 Å². The molecule has 1 heterocycles. The van der Waals surface area contributed by atoms with Crippen LogP contribution in [0.3, 0.4) is 0 Å². The van der Waals surface area contributed by atoms with Gasteiger partial charge in [0.05, 0.1) is 28.6 Å². The number of allylic oxidation sites excluding steroid dienone is 2. The van der Waals surface area contributed by atoms with Gasteiger partial charge in [-0.1, -0.05) is 42.7 Å². The minimum absolute atomic E-state index is 0.00208. The van der Waals surface area contributed by atoms with Crippen molar-refractivity contribution in [2.45, 2.75) is 96.7 Å². The Kier molecular flexibility index (Phi) is 12.9. The molecule has 1 aliphatic carbocycles. The molecule has 4 N–H and O–H groups in total. The Balaban J connectivity index is 1.42. The molecule has 0 bridgehead atoms. The molecule has 244 valence electrons. The highest BCUT2D eigenvalue weighted by atomic mass is 127. The van der Waals surface area contributed by atoms with Crippen molar-refractivity contribution in [1.29, 1.82) is 0 Å². The SMILES string of the molecule is Cc1ccc(NS(=O)(=O)NC(=O)[C@H]2C[C@H]2/C=C\CCCCC[C@H](NC(=O)OC(C)(C)C)C(=O)N2CCC[C@H]2C(=O)NI)cc1. The smallest absolute Gasteiger partial charge is 0.408 e. The highest BCUT2D eigenvalue weighted by Gasteiger charge is 2.42. The van der Waals surface area contributed by atoms with Crippen LogP contribution < -0.4 is 18.3 Å². The van der Waals surface area contributed by atoms with Crippen molar-refractivity contribution in [2.24, 2.45) is 11.8 Å². The van der Waals surface area contributed by atoms with E-state index in [0.717, 1.165) is 31.2 Å². The quantitative estimate of drug-likeness (QED) is 0.0958.